The van der Waals surface area contributed by atoms with Crippen LogP contribution in [0.4, 0.5) is 0 Å². The van der Waals surface area contributed by atoms with Gasteiger partial charge in [-0.05, 0) is 49.9 Å². The highest BCUT2D eigenvalue weighted by molar-refractivity contribution is 14.0. The second-order valence-electron chi connectivity index (χ2n) is 5.77. The second-order valence-corrected chi connectivity index (χ2v) is 5.77. The molecule has 2 rings (SSSR count). The van der Waals surface area contributed by atoms with E-state index in [-0.39, 0.29) is 24.0 Å². The number of hydrogen-bond donors (Lipinski definition) is 2. The average molecular weight is 365 g/mol. The summed E-state index contributed by atoms with van der Waals surface area (Å²) in [5.41, 5.74) is 5.81. The molecule has 2 fully saturated rings. The Balaban J connectivity index is 0.00000162. The van der Waals surface area contributed by atoms with E-state index in [9.17, 15) is 0 Å². The van der Waals surface area contributed by atoms with Crippen LogP contribution in [0.2, 0.25) is 0 Å². The SMILES string of the molecule is CCCCN=C(N)NCCC1CC2CCC1C2.I. The fourth-order valence-electron chi connectivity index (χ4n) is 3.53. The Hall–Kier alpha value is 0. The van der Waals surface area contributed by atoms with E-state index in [1.807, 2.05) is 0 Å². The zero-order valence-electron chi connectivity index (χ0n) is 11.5. The molecule has 0 heterocycles. The molecule has 2 aliphatic carbocycles. The molecule has 3 atom stereocenters. The van der Waals surface area contributed by atoms with Crippen molar-refractivity contribution in [3.8, 4) is 0 Å². The third-order valence-corrected chi connectivity index (χ3v) is 4.50. The van der Waals surface area contributed by atoms with Crippen LogP contribution >= 0.6 is 24.0 Å². The minimum Gasteiger partial charge on any atom is -0.370 e. The van der Waals surface area contributed by atoms with Crippen molar-refractivity contribution in [2.45, 2.75) is 51.9 Å². The van der Waals surface area contributed by atoms with Crippen LogP contribution in [0.15, 0.2) is 4.99 Å². The van der Waals surface area contributed by atoms with Crippen LogP contribution in [0.3, 0.4) is 0 Å². The van der Waals surface area contributed by atoms with Crippen LogP contribution in [0.1, 0.15) is 51.9 Å². The first-order valence-corrected chi connectivity index (χ1v) is 7.33. The van der Waals surface area contributed by atoms with Gasteiger partial charge in [0.1, 0.15) is 0 Å². The standard InChI is InChI=1S/C14H27N3.HI/c1-2-3-7-16-14(15)17-8-6-13-10-11-4-5-12(13)9-11;/h11-13H,2-10H2,1H3,(H3,15,16,17);1H. The Morgan fingerprint density at radius 2 is 2.17 bits per heavy atom. The van der Waals surface area contributed by atoms with Crippen LogP contribution in [0.5, 0.6) is 0 Å². The third kappa shape index (κ3) is 4.59. The lowest BCUT2D eigenvalue weighted by Crippen LogP contribution is -2.33. The van der Waals surface area contributed by atoms with Crippen molar-refractivity contribution < 1.29 is 0 Å². The van der Waals surface area contributed by atoms with Gasteiger partial charge in [0.2, 0.25) is 0 Å². The van der Waals surface area contributed by atoms with Crippen molar-refractivity contribution in [2.75, 3.05) is 13.1 Å². The minimum atomic E-state index is 0. The first kappa shape index (κ1) is 16.1. The number of guanidine groups is 1. The molecule has 0 saturated heterocycles. The number of fused-ring (bicyclic) bond motifs is 2. The number of nitrogens with zero attached hydrogens (tertiary/aromatic N) is 1. The molecular weight excluding hydrogens is 337 g/mol. The summed E-state index contributed by atoms with van der Waals surface area (Å²) < 4.78 is 0. The van der Waals surface area contributed by atoms with Crippen LogP contribution in [-0.2, 0) is 0 Å². The fraction of sp³-hybridized carbons (Fsp3) is 0.929. The molecule has 0 spiro atoms. The quantitative estimate of drug-likeness (QED) is 0.329. The zero-order valence-corrected chi connectivity index (χ0v) is 13.9. The number of halogens is 1. The molecule has 4 heteroatoms. The minimum absolute atomic E-state index is 0. The molecule has 3 nitrogen and oxygen atoms in total. The Morgan fingerprint density at radius 1 is 1.33 bits per heavy atom. The van der Waals surface area contributed by atoms with E-state index in [0.717, 1.165) is 37.3 Å². The lowest BCUT2D eigenvalue weighted by atomic mass is 9.86. The van der Waals surface area contributed by atoms with Crippen molar-refractivity contribution in [3.05, 3.63) is 0 Å². The van der Waals surface area contributed by atoms with Crippen LogP contribution in [0.25, 0.3) is 0 Å². The zero-order chi connectivity index (χ0) is 12.1. The summed E-state index contributed by atoms with van der Waals surface area (Å²) in [4.78, 5) is 4.31. The summed E-state index contributed by atoms with van der Waals surface area (Å²) in [6.45, 7) is 4.05. The Bertz CT molecular complexity index is 268. The van der Waals surface area contributed by atoms with Gasteiger partial charge in [-0.15, -0.1) is 24.0 Å². The molecule has 2 saturated carbocycles. The van der Waals surface area contributed by atoms with Crippen molar-refractivity contribution in [3.63, 3.8) is 0 Å². The predicted molar refractivity (Wildman–Crippen MR) is 88.4 cm³/mol. The number of hydrogen-bond acceptors (Lipinski definition) is 1. The molecule has 2 aliphatic rings. The normalized spacial score (nSPS) is 30.3. The highest BCUT2D eigenvalue weighted by atomic mass is 127. The Labute approximate surface area is 128 Å². The van der Waals surface area contributed by atoms with E-state index >= 15 is 0 Å². The molecule has 0 aromatic heterocycles. The van der Waals surface area contributed by atoms with Crippen LogP contribution < -0.4 is 11.1 Å². The molecule has 106 valence electrons. The maximum Gasteiger partial charge on any atom is 0.188 e. The summed E-state index contributed by atoms with van der Waals surface area (Å²) in [6.07, 6.45) is 9.55. The summed E-state index contributed by atoms with van der Waals surface area (Å²) >= 11 is 0. The highest BCUT2D eigenvalue weighted by Crippen LogP contribution is 2.49. The highest BCUT2D eigenvalue weighted by Gasteiger charge is 2.38. The summed E-state index contributed by atoms with van der Waals surface area (Å²) in [6, 6.07) is 0. The van der Waals surface area contributed by atoms with Gasteiger partial charge in [-0.3, -0.25) is 4.99 Å². The third-order valence-electron chi connectivity index (χ3n) is 4.50. The van der Waals surface area contributed by atoms with Crippen molar-refractivity contribution in [1.29, 1.82) is 0 Å². The van der Waals surface area contributed by atoms with Crippen LogP contribution in [-0.4, -0.2) is 19.0 Å². The molecular formula is C14H28IN3. The van der Waals surface area contributed by atoms with Crippen molar-refractivity contribution in [2.24, 2.45) is 28.5 Å². The van der Waals surface area contributed by atoms with Gasteiger partial charge >= 0.3 is 0 Å². The maximum absolute atomic E-state index is 5.81. The molecule has 2 bridgehead atoms. The summed E-state index contributed by atoms with van der Waals surface area (Å²) in [5.74, 6) is 3.69. The van der Waals surface area contributed by atoms with E-state index in [4.69, 9.17) is 5.73 Å². The number of rotatable bonds is 6. The molecule has 0 amide bonds. The van der Waals surface area contributed by atoms with Gasteiger partial charge in [0, 0.05) is 13.1 Å². The lowest BCUT2D eigenvalue weighted by Gasteiger charge is -2.21. The number of nitrogens with one attached hydrogen (secondary N) is 1. The second kappa shape index (κ2) is 8.23. The Kier molecular flexibility index (Phi) is 7.34. The molecule has 3 unspecified atom stereocenters. The average Bonchev–Trinajstić information content (AvgIpc) is 2.91. The molecule has 0 radical (unpaired) electrons. The van der Waals surface area contributed by atoms with E-state index in [2.05, 4.69) is 17.2 Å². The molecule has 0 aromatic carbocycles. The summed E-state index contributed by atoms with van der Waals surface area (Å²) in [5, 5.41) is 3.26. The topological polar surface area (TPSA) is 50.4 Å². The van der Waals surface area contributed by atoms with Crippen LogP contribution in [0, 0.1) is 17.8 Å². The van der Waals surface area contributed by atoms with Gasteiger partial charge < -0.3 is 11.1 Å². The number of unbranched alkanes of at least 4 members (excludes halogenated alkanes) is 1. The van der Waals surface area contributed by atoms with Crippen molar-refractivity contribution >= 4 is 29.9 Å². The summed E-state index contributed by atoms with van der Waals surface area (Å²) in [7, 11) is 0. The van der Waals surface area contributed by atoms with E-state index in [0.29, 0.717) is 5.96 Å². The maximum atomic E-state index is 5.81. The lowest BCUT2D eigenvalue weighted by molar-refractivity contribution is 0.315. The fourth-order valence-corrected chi connectivity index (χ4v) is 3.53. The Morgan fingerprint density at radius 3 is 2.78 bits per heavy atom. The molecule has 0 aliphatic heterocycles. The van der Waals surface area contributed by atoms with Gasteiger partial charge in [-0.25, -0.2) is 0 Å². The molecule has 18 heavy (non-hydrogen) atoms. The largest absolute Gasteiger partial charge is 0.370 e. The van der Waals surface area contributed by atoms with Crippen molar-refractivity contribution in [1.82, 2.24) is 5.32 Å². The predicted octanol–water partition coefficient (Wildman–Crippen LogP) is 3.14. The number of nitrogens with two attached hydrogens (primary N) is 1. The molecule has 0 aromatic rings. The number of aliphatic imine (C=N–C) groups is 1. The first-order valence-electron chi connectivity index (χ1n) is 7.33. The van der Waals surface area contributed by atoms with E-state index < -0.39 is 0 Å². The van der Waals surface area contributed by atoms with Gasteiger partial charge in [-0.2, -0.15) is 0 Å². The monoisotopic (exact) mass is 365 g/mol. The smallest absolute Gasteiger partial charge is 0.188 e. The van der Waals surface area contributed by atoms with Gasteiger partial charge in [0.15, 0.2) is 5.96 Å². The van der Waals surface area contributed by atoms with Gasteiger partial charge in [0.05, 0.1) is 0 Å². The van der Waals surface area contributed by atoms with E-state index in [1.54, 1.807) is 0 Å². The van der Waals surface area contributed by atoms with Gasteiger partial charge in [0.25, 0.3) is 0 Å². The van der Waals surface area contributed by atoms with E-state index in [1.165, 1.54) is 38.5 Å². The van der Waals surface area contributed by atoms with Gasteiger partial charge in [-0.1, -0.05) is 19.8 Å². The first-order chi connectivity index (χ1) is 8.29. The molecule has 3 N–H and O–H groups in total.